The first kappa shape index (κ1) is 33.9. The quantitative estimate of drug-likeness (QED) is 0.162. The molecule has 0 unspecified atom stereocenters. The number of nitrogens with zero attached hydrogens (tertiary/aromatic N) is 1. The highest BCUT2D eigenvalue weighted by atomic mass is 16.3. The van der Waals surface area contributed by atoms with Crippen molar-refractivity contribution in [1.29, 1.82) is 0 Å². The minimum Gasteiger partial charge on any atom is -0.456 e. The van der Waals surface area contributed by atoms with Crippen LogP contribution in [0.15, 0.2) is 223 Å². The third kappa shape index (κ3) is 5.49. The van der Waals surface area contributed by atoms with Crippen LogP contribution in [0.25, 0.3) is 66.4 Å². The Balaban J connectivity index is 1.00. The first-order valence-corrected chi connectivity index (χ1v) is 20.0. The number of para-hydroxylation sites is 1. The summed E-state index contributed by atoms with van der Waals surface area (Å²) in [5, 5.41) is 2.26. The monoisotopic (exact) mass is 741 g/mol. The van der Waals surface area contributed by atoms with Crippen LogP contribution in [-0.2, 0) is 5.41 Å². The molecular formula is C56H39NO. The zero-order chi connectivity index (χ0) is 38.6. The third-order valence-electron chi connectivity index (χ3n) is 12.2. The zero-order valence-electron chi connectivity index (χ0n) is 32.1. The Labute approximate surface area is 338 Å². The molecule has 2 nitrogen and oxygen atoms in total. The summed E-state index contributed by atoms with van der Waals surface area (Å²) in [5.74, 6) is 0. The van der Waals surface area contributed by atoms with Gasteiger partial charge in [0, 0.05) is 38.8 Å². The van der Waals surface area contributed by atoms with Gasteiger partial charge in [0.1, 0.15) is 11.2 Å². The first-order chi connectivity index (χ1) is 28.6. The summed E-state index contributed by atoms with van der Waals surface area (Å²) in [6.07, 6.45) is 0. The van der Waals surface area contributed by atoms with Crippen molar-refractivity contribution in [2.45, 2.75) is 12.3 Å². The molecule has 274 valence electrons. The van der Waals surface area contributed by atoms with Crippen molar-refractivity contribution in [2.75, 3.05) is 4.90 Å². The molecule has 11 rings (SSSR count). The van der Waals surface area contributed by atoms with Crippen LogP contribution in [0.5, 0.6) is 0 Å². The molecule has 1 aliphatic rings. The van der Waals surface area contributed by atoms with Gasteiger partial charge >= 0.3 is 0 Å². The van der Waals surface area contributed by atoms with Crippen LogP contribution >= 0.6 is 0 Å². The molecule has 0 aliphatic heterocycles. The zero-order valence-corrected chi connectivity index (χ0v) is 32.1. The summed E-state index contributed by atoms with van der Waals surface area (Å²) in [4.78, 5) is 2.34. The van der Waals surface area contributed by atoms with Crippen LogP contribution in [0.3, 0.4) is 0 Å². The average Bonchev–Trinajstić information content (AvgIpc) is 3.80. The van der Waals surface area contributed by atoms with Gasteiger partial charge in [0.15, 0.2) is 0 Å². The fourth-order valence-corrected chi connectivity index (χ4v) is 9.25. The largest absolute Gasteiger partial charge is 0.456 e. The van der Waals surface area contributed by atoms with Gasteiger partial charge in [-0.1, -0.05) is 170 Å². The molecule has 0 fully saturated rings. The SMILES string of the molecule is CC1(c2cccc3c2oc2cc(-c4cccc(N(c5ccc(-c6ccccc6)cc5)c5ccc(-c6ccccc6)cc5)c4)ccc23)c2ccccc2-c2ccccc21. The van der Waals surface area contributed by atoms with Crippen molar-refractivity contribution in [3.8, 4) is 44.5 Å². The number of hydrogen-bond acceptors (Lipinski definition) is 2. The maximum absolute atomic E-state index is 6.95. The molecule has 0 spiro atoms. The molecule has 0 N–H and O–H groups in total. The maximum Gasteiger partial charge on any atom is 0.139 e. The van der Waals surface area contributed by atoms with Gasteiger partial charge in [-0.05, 0) is 111 Å². The molecular weight excluding hydrogens is 703 g/mol. The van der Waals surface area contributed by atoms with E-state index in [0.29, 0.717) is 0 Å². The molecule has 58 heavy (non-hydrogen) atoms. The summed E-state index contributed by atoms with van der Waals surface area (Å²) in [7, 11) is 0. The van der Waals surface area contributed by atoms with E-state index in [0.717, 1.165) is 50.1 Å². The Morgan fingerprint density at radius 2 is 0.810 bits per heavy atom. The van der Waals surface area contributed by atoms with Gasteiger partial charge in [-0.25, -0.2) is 0 Å². The molecule has 0 amide bonds. The van der Waals surface area contributed by atoms with Crippen molar-refractivity contribution in [3.63, 3.8) is 0 Å². The highest BCUT2D eigenvalue weighted by molar-refractivity contribution is 6.08. The van der Waals surface area contributed by atoms with E-state index in [1.807, 2.05) is 0 Å². The van der Waals surface area contributed by atoms with E-state index in [4.69, 9.17) is 4.42 Å². The van der Waals surface area contributed by atoms with Gasteiger partial charge in [-0.2, -0.15) is 0 Å². The van der Waals surface area contributed by atoms with Crippen LogP contribution < -0.4 is 4.90 Å². The molecule has 0 atom stereocenters. The lowest BCUT2D eigenvalue weighted by Gasteiger charge is -2.28. The maximum atomic E-state index is 6.95. The van der Waals surface area contributed by atoms with Crippen LogP contribution in [0.2, 0.25) is 0 Å². The molecule has 0 saturated carbocycles. The Hall–Kier alpha value is -7.42. The second-order valence-corrected chi connectivity index (χ2v) is 15.4. The van der Waals surface area contributed by atoms with E-state index in [1.54, 1.807) is 0 Å². The number of benzene rings is 9. The van der Waals surface area contributed by atoms with Crippen molar-refractivity contribution < 1.29 is 4.42 Å². The van der Waals surface area contributed by atoms with E-state index < -0.39 is 0 Å². The van der Waals surface area contributed by atoms with Crippen LogP contribution in [0.1, 0.15) is 23.6 Å². The molecule has 10 aromatic rings. The van der Waals surface area contributed by atoms with Gasteiger partial charge in [-0.3, -0.25) is 0 Å². The number of hydrogen-bond donors (Lipinski definition) is 0. The van der Waals surface area contributed by atoms with E-state index in [-0.39, 0.29) is 5.41 Å². The van der Waals surface area contributed by atoms with Crippen LogP contribution in [0, 0.1) is 0 Å². The van der Waals surface area contributed by atoms with Crippen LogP contribution in [0.4, 0.5) is 17.1 Å². The predicted octanol–water partition coefficient (Wildman–Crippen LogP) is 15.4. The third-order valence-corrected chi connectivity index (χ3v) is 12.2. The second-order valence-electron chi connectivity index (χ2n) is 15.4. The van der Waals surface area contributed by atoms with Crippen molar-refractivity contribution in [2.24, 2.45) is 0 Å². The first-order valence-electron chi connectivity index (χ1n) is 20.0. The summed E-state index contributed by atoms with van der Waals surface area (Å²) < 4.78 is 6.95. The molecule has 2 heteroatoms. The van der Waals surface area contributed by atoms with Crippen molar-refractivity contribution in [3.05, 3.63) is 235 Å². The van der Waals surface area contributed by atoms with E-state index in [2.05, 4.69) is 230 Å². The minimum atomic E-state index is -0.347. The smallest absolute Gasteiger partial charge is 0.139 e. The molecule has 1 aromatic heterocycles. The Morgan fingerprint density at radius 3 is 1.41 bits per heavy atom. The number of anilines is 3. The summed E-state index contributed by atoms with van der Waals surface area (Å²) in [6.45, 7) is 2.35. The Kier molecular flexibility index (Phi) is 7.97. The number of fused-ring (bicyclic) bond motifs is 6. The van der Waals surface area contributed by atoms with E-state index in [1.165, 1.54) is 50.1 Å². The highest BCUT2D eigenvalue weighted by Gasteiger charge is 2.42. The molecule has 0 radical (unpaired) electrons. The lowest BCUT2D eigenvalue weighted by atomic mass is 9.74. The number of furan rings is 1. The topological polar surface area (TPSA) is 16.4 Å². The molecule has 9 aromatic carbocycles. The van der Waals surface area contributed by atoms with Crippen LogP contribution in [-0.4, -0.2) is 0 Å². The van der Waals surface area contributed by atoms with E-state index >= 15 is 0 Å². The standard InChI is InChI=1S/C56H39NO/c1-56(51-23-10-8-20-47(51)48-21-9-11-24-52(48)56)53-25-13-22-50-49-35-30-43(37-54(49)58-55(50)53)42-18-12-19-46(36-42)57(44-31-26-40(27-32-44)38-14-4-2-5-15-38)45-33-28-41(29-34-45)39-16-6-3-7-17-39/h2-37H,1H3. The highest BCUT2D eigenvalue weighted by Crippen LogP contribution is 2.54. The van der Waals surface area contributed by atoms with Crippen molar-refractivity contribution in [1.82, 2.24) is 0 Å². The van der Waals surface area contributed by atoms with Gasteiger partial charge in [-0.15, -0.1) is 0 Å². The summed E-state index contributed by atoms with van der Waals surface area (Å²) in [6, 6.07) is 78.7. The van der Waals surface area contributed by atoms with Gasteiger partial charge in [0.2, 0.25) is 0 Å². The minimum absolute atomic E-state index is 0.347. The van der Waals surface area contributed by atoms with Crippen molar-refractivity contribution >= 4 is 39.0 Å². The molecule has 1 heterocycles. The Bertz CT molecular complexity index is 2980. The molecule has 0 bridgehead atoms. The number of rotatable bonds is 7. The van der Waals surface area contributed by atoms with E-state index in [9.17, 15) is 0 Å². The second kappa shape index (κ2) is 13.7. The lowest BCUT2D eigenvalue weighted by molar-refractivity contribution is 0.638. The molecule has 1 aliphatic carbocycles. The lowest BCUT2D eigenvalue weighted by Crippen LogP contribution is -2.22. The average molecular weight is 742 g/mol. The normalized spacial score (nSPS) is 12.7. The summed E-state index contributed by atoms with van der Waals surface area (Å²) in [5.41, 5.74) is 18.2. The fourth-order valence-electron chi connectivity index (χ4n) is 9.25. The summed E-state index contributed by atoms with van der Waals surface area (Å²) >= 11 is 0. The van der Waals surface area contributed by atoms with Gasteiger partial charge < -0.3 is 9.32 Å². The molecule has 0 saturated heterocycles. The Morgan fingerprint density at radius 1 is 0.345 bits per heavy atom. The fraction of sp³-hybridized carbons (Fsp3) is 0.0357. The van der Waals surface area contributed by atoms with Gasteiger partial charge in [0.05, 0.1) is 0 Å². The predicted molar refractivity (Wildman–Crippen MR) is 242 cm³/mol. The van der Waals surface area contributed by atoms with Gasteiger partial charge in [0.25, 0.3) is 0 Å².